The fourth-order valence-electron chi connectivity index (χ4n) is 5.68. The van der Waals surface area contributed by atoms with Crippen LogP contribution < -0.4 is 10.2 Å². The van der Waals surface area contributed by atoms with Crippen molar-refractivity contribution in [2.45, 2.75) is 82.6 Å². The van der Waals surface area contributed by atoms with Crippen LogP contribution in [0.25, 0.3) is 0 Å². The first-order valence-corrected chi connectivity index (χ1v) is 13.3. The lowest BCUT2D eigenvalue weighted by Gasteiger charge is -2.24. The van der Waals surface area contributed by atoms with Crippen LogP contribution in [0.1, 0.15) is 79.2 Å². The van der Waals surface area contributed by atoms with Crippen LogP contribution in [0.3, 0.4) is 0 Å². The summed E-state index contributed by atoms with van der Waals surface area (Å²) in [4.78, 5) is 29.2. The Balaban J connectivity index is 1.24. The Labute approximate surface area is 203 Å². The second-order valence-corrected chi connectivity index (χ2v) is 10.5. The highest BCUT2D eigenvalue weighted by molar-refractivity contribution is 7.05. The first-order chi connectivity index (χ1) is 16.7. The summed E-state index contributed by atoms with van der Waals surface area (Å²) in [5, 5.41) is 12.1. The summed E-state index contributed by atoms with van der Waals surface area (Å²) in [6.07, 6.45) is 13.0. The van der Waals surface area contributed by atoms with Gasteiger partial charge in [0.1, 0.15) is 17.2 Å². The van der Waals surface area contributed by atoms with Crippen molar-refractivity contribution in [3.05, 3.63) is 34.4 Å². The molecule has 9 nitrogen and oxygen atoms in total. The van der Waals surface area contributed by atoms with E-state index < -0.39 is 0 Å². The van der Waals surface area contributed by atoms with E-state index >= 15 is 0 Å². The smallest absolute Gasteiger partial charge is 0.228 e. The molecule has 6 rings (SSSR count). The Morgan fingerprint density at radius 2 is 2.03 bits per heavy atom. The maximum absolute atomic E-state index is 13.1. The van der Waals surface area contributed by atoms with Gasteiger partial charge in [-0.05, 0) is 56.5 Å². The van der Waals surface area contributed by atoms with Gasteiger partial charge in [0.2, 0.25) is 5.95 Å². The molecule has 4 heterocycles. The molecule has 0 radical (unpaired) electrons. The molecule has 0 aromatic carbocycles. The molecule has 3 aromatic rings. The fourth-order valence-corrected chi connectivity index (χ4v) is 6.19. The van der Waals surface area contributed by atoms with Gasteiger partial charge in [-0.1, -0.05) is 19.3 Å². The Morgan fingerprint density at radius 1 is 1.12 bits per heavy atom. The molecule has 3 aliphatic rings. The minimum absolute atomic E-state index is 0.164. The molecule has 10 heteroatoms. The van der Waals surface area contributed by atoms with E-state index in [-0.39, 0.29) is 11.8 Å². The van der Waals surface area contributed by atoms with Gasteiger partial charge in [0.25, 0.3) is 0 Å². The molecule has 1 saturated carbocycles. The molecule has 0 amide bonds. The predicted octanol–water partition coefficient (Wildman–Crippen LogP) is 4.11. The quantitative estimate of drug-likeness (QED) is 0.522. The molecule has 0 bridgehead atoms. The molecule has 3 aromatic heterocycles. The molecular weight excluding hydrogens is 448 g/mol. The van der Waals surface area contributed by atoms with Gasteiger partial charge in [-0.25, -0.2) is 9.97 Å². The van der Waals surface area contributed by atoms with Gasteiger partial charge in [0.05, 0.1) is 18.2 Å². The number of carbonyl (C=O) groups excluding carboxylic acids is 1. The minimum Gasteiger partial charge on any atom is -0.331 e. The number of hydrogen-bond donors (Lipinski definition) is 2. The largest absolute Gasteiger partial charge is 0.331 e. The van der Waals surface area contributed by atoms with Crippen LogP contribution in [0.5, 0.6) is 0 Å². The normalized spacial score (nSPS) is 20.6. The fraction of sp³-hybridized carbons (Fsp3) is 0.583. The molecule has 2 fully saturated rings. The highest BCUT2D eigenvalue weighted by Crippen LogP contribution is 2.35. The van der Waals surface area contributed by atoms with E-state index in [1.54, 1.807) is 0 Å². The van der Waals surface area contributed by atoms with E-state index in [4.69, 9.17) is 9.97 Å². The topological polar surface area (TPSA) is 113 Å². The molecule has 1 saturated heterocycles. The van der Waals surface area contributed by atoms with Crippen LogP contribution >= 0.6 is 11.5 Å². The van der Waals surface area contributed by atoms with Gasteiger partial charge in [0, 0.05) is 29.8 Å². The number of nitrogens with one attached hydrogen (secondary N) is 2. The number of aromatic amines is 1. The lowest BCUT2D eigenvalue weighted by Crippen LogP contribution is -2.38. The summed E-state index contributed by atoms with van der Waals surface area (Å²) in [5.74, 6) is 3.04. The number of fused-ring (bicyclic) bond motifs is 1. The Hall–Kier alpha value is -2.88. The first-order valence-electron chi connectivity index (χ1n) is 12.5. The third-order valence-electron chi connectivity index (χ3n) is 7.42. The van der Waals surface area contributed by atoms with Crippen molar-refractivity contribution in [1.82, 2.24) is 29.5 Å². The second-order valence-electron chi connectivity index (χ2n) is 9.65. The number of hydrogen-bond acceptors (Lipinski definition) is 9. The average molecular weight is 479 g/mol. The molecule has 1 unspecified atom stereocenters. The van der Waals surface area contributed by atoms with Crippen molar-refractivity contribution < 1.29 is 4.79 Å². The average Bonchev–Trinajstić information content (AvgIpc) is 3.67. The predicted molar refractivity (Wildman–Crippen MR) is 131 cm³/mol. The number of rotatable bonds is 7. The van der Waals surface area contributed by atoms with E-state index in [2.05, 4.69) is 35.8 Å². The molecule has 2 aliphatic carbocycles. The number of H-pyrrole nitrogens is 1. The Morgan fingerprint density at radius 3 is 2.88 bits per heavy atom. The second kappa shape index (κ2) is 9.40. The van der Waals surface area contributed by atoms with Gasteiger partial charge in [-0.3, -0.25) is 9.89 Å². The van der Waals surface area contributed by atoms with Crippen molar-refractivity contribution in [2.24, 2.45) is 0 Å². The number of nitrogens with zero attached hydrogens (tertiary/aromatic N) is 6. The summed E-state index contributed by atoms with van der Waals surface area (Å²) in [7, 11) is 0. The van der Waals surface area contributed by atoms with Crippen LogP contribution in [0.4, 0.5) is 17.6 Å². The van der Waals surface area contributed by atoms with Crippen molar-refractivity contribution in [3.63, 3.8) is 0 Å². The summed E-state index contributed by atoms with van der Waals surface area (Å²) in [5.41, 5.74) is 3.50. The summed E-state index contributed by atoms with van der Waals surface area (Å²) in [6, 6.07) is 1.93. The Kier molecular flexibility index (Phi) is 5.98. The van der Waals surface area contributed by atoms with E-state index in [0.29, 0.717) is 18.3 Å². The van der Waals surface area contributed by atoms with Crippen LogP contribution in [0.15, 0.2) is 12.4 Å². The van der Waals surface area contributed by atoms with Crippen LogP contribution in [-0.4, -0.2) is 47.9 Å². The molecular formula is C24H30N8OS. The zero-order valence-corrected chi connectivity index (χ0v) is 20.1. The maximum atomic E-state index is 13.1. The number of ketones is 1. The number of anilines is 3. The number of aromatic nitrogens is 6. The molecule has 1 aliphatic heterocycles. The van der Waals surface area contributed by atoms with Gasteiger partial charge in [-0.15, -0.1) is 0 Å². The molecule has 0 spiro atoms. The van der Waals surface area contributed by atoms with Crippen LogP contribution in [0, 0.1) is 0 Å². The lowest BCUT2D eigenvalue weighted by atomic mass is 9.87. The van der Waals surface area contributed by atoms with Gasteiger partial charge >= 0.3 is 0 Å². The van der Waals surface area contributed by atoms with Gasteiger partial charge in [-0.2, -0.15) is 14.5 Å². The number of aryl methyl sites for hydroxylation is 1. The minimum atomic E-state index is -0.209. The SMILES string of the molecule is O=C(Cc1ncns1)C1CCCN1c1nc2c(c(Nc3cc(C4CCCCC4)[nH]n3)n1)CCC2. The van der Waals surface area contributed by atoms with Crippen LogP contribution in [-0.2, 0) is 24.1 Å². The highest BCUT2D eigenvalue weighted by Gasteiger charge is 2.34. The van der Waals surface area contributed by atoms with E-state index in [1.165, 1.54) is 61.2 Å². The van der Waals surface area contributed by atoms with E-state index in [1.807, 2.05) is 0 Å². The maximum Gasteiger partial charge on any atom is 0.228 e. The lowest BCUT2D eigenvalue weighted by molar-refractivity contribution is -0.119. The molecule has 2 N–H and O–H groups in total. The Bertz CT molecular complexity index is 1150. The molecule has 1 atom stereocenters. The van der Waals surface area contributed by atoms with E-state index in [0.717, 1.165) is 61.0 Å². The monoisotopic (exact) mass is 478 g/mol. The van der Waals surface area contributed by atoms with Crippen molar-refractivity contribution in [1.29, 1.82) is 0 Å². The third-order valence-corrected chi connectivity index (χ3v) is 8.08. The van der Waals surface area contributed by atoms with Crippen LogP contribution in [0.2, 0.25) is 0 Å². The molecule has 34 heavy (non-hydrogen) atoms. The summed E-state index contributed by atoms with van der Waals surface area (Å²) >= 11 is 1.29. The van der Waals surface area contributed by atoms with Crippen molar-refractivity contribution >= 4 is 34.9 Å². The number of carbonyl (C=O) groups is 1. The highest BCUT2D eigenvalue weighted by atomic mass is 32.1. The first kappa shape index (κ1) is 21.6. The molecule has 178 valence electrons. The zero-order valence-electron chi connectivity index (χ0n) is 19.3. The number of Topliss-reactive ketones (excluding diaryl/α,β-unsaturated/α-hetero) is 1. The van der Waals surface area contributed by atoms with E-state index in [9.17, 15) is 4.79 Å². The van der Waals surface area contributed by atoms with Gasteiger partial charge in [0.15, 0.2) is 11.6 Å². The standard InChI is InChI=1S/C24H30N8OS/c33-20(13-22-25-14-26-34-22)19-10-5-11-32(19)24-27-17-9-4-8-16(17)23(29-24)28-21-12-18(30-31-21)15-6-2-1-3-7-15/h12,14-15,19H,1-11,13H2,(H2,27,28,29,30,31). The van der Waals surface area contributed by atoms with Crippen molar-refractivity contribution in [2.75, 3.05) is 16.8 Å². The third kappa shape index (κ3) is 4.31. The van der Waals surface area contributed by atoms with Crippen molar-refractivity contribution in [3.8, 4) is 0 Å². The van der Waals surface area contributed by atoms with Gasteiger partial charge < -0.3 is 10.2 Å². The zero-order chi connectivity index (χ0) is 22.9. The summed E-state index contributed by atoms with van der Waals surface area (Å²) in [6.45, 7) is 0.791. The summed E-state index contributed by atoms with van der Waals surface area (Å²) < 4.78 is 4.02.